The lowest BCUT2D eigenvalue weighted by Gasteiger charge is -2.17. The van der Waals surface area contributed by atoms with Crippen molar-refractivity contribution < 1.29 is 13.2 Å². The van der Waals surface area contributed by atoms with Gasteiger partial charge in [-0.05, 0) is 18.2 Å². The highest BCUT2D eigenvalue weighted by molar-refractivity contribution is 6.10. The Balaban J connectivity index is 6.21. The van der Waals surface area contributed by atoms with E-state index in [0.29, 0.717) is 0 Å². The molecule has 0 aromatic carbocycles. The lowest BCUT2D eigenvalue weighted by Crippen LogP contribution is -2.25. The first kappa shape index (κ1) is 19.6. The molecule has 0 N–H and O–H groups in total. The van der Waals surface area contributed by atoms with E-state index in [2.05, 4.69) is 26.8 Å². The SMILES string of the molecule is CN=CC(C#CC(/C=C/F)(/C=C/F)/C=C/F)(C=NC)C=NC. The molecule has 0 bridgehead atoms. The van der Waals surface area contributed by atoms with Crippen molar-refractivity contribution in [2.75, 3.05) is 21.1 Å². The fraction of sp³-hybridized carbons (Fsp3) is 0.312. The molecule has 0 fully saturated rings. The average Bonchev–Trinajstić information content (AvgIpc) is 2.47. The van der Waals surface area contributed by atoms with E-state index in [-0.39, 0.29) is 19.0 Å². The van der Waals surface area contributed by atoms with Gasteiger partial charge in [-0.1, -0.05) is 11.8 Å². The second kappa shape index (κ2) is 10.3. The standard InChI is InChI=1S/C16H18F3N3/c1-20-12-16(13-21-2,14-22-3)5-4-15(6-9-17,7-10-18)8-11-19/h6-14H,1-3H3/b9-6+,10-7+,11-8+,20-12?,21-13?,22-14?. The van der Waals surface area contributed by atoms with Gasteiger partial charge in [0.2, 0.25) is 0 Å². The molecule has 118 valence electrons. The lowest BCUT2D eigenvalue weighted by molar-refractivity contribution is 0.659. The quantitative estimate of drug-likeness (QED) is 0.532. The highest BCUT2D eigenvalue weighted by atomic mass is 19.1. The molecule has 0 rings (SSSR count). The summed E-state index contributed by atoms with van der Waals surface area (Å²) in [6, 6.07) is 0. The van der Waals surface area contributed by atoms with Gasteiger partial charge in [-0.25, -0.2) is 13.2 Å². The molecule has 0 aliphatic heterocycles. The number of rotatable bonds is 6. The maximum Gasteiger partial charge on any atom is 0.135 e. The summed E-state index contributed by atoms with van der Waals surface area (Å²) in [5.41, 5.74) is -2.61. The smallest absolute Gasteiger partial charge is 0.135 e. The summed E-state index contributed by atoms with van der Waals surface area (Å²) in [4.78, 5) is 11.7. The minimum absolute atomic E-state index is 0.173. The third-order valence-corrected chi connectivity index (χ3v) is 2.54. The van der Waals surface area contributed by atoms with E-state index in [1.54, 1.807) is 21.1 Å². The van der Waals surface area contributed by atoms with Crippen molar-refractivity contribution in [3.63, 3.8) is 0 Å². The van der Waals surface area contributed by atoms with Crippen LogP contribution in [0, 0.1) is 22.7 Å². The van der Waals surface area contributed by atoms with Crippen molar-refractivity contribution in [3.8, 4) is 11.8 Å². The molecule has 0 heterocycles. The molecule has 0 aliphatic rings. The molecule has 3 nitrogen and oxygen atoms in total. The Morgan fingerprint density at radius 1 is 0.636 bits per heavy atom. The third kappa shape index (κ3) is 5.92. The van der Waals surface area contributed by atoms with Gasteiger partial charge in [-0.15, -0.1) is 0 Å². The molecule has 0 aromatic rings. The molecular formula is C16H18F3N3. The molecular weight excluding hydrogens is 291 g/mol. The zero-order valence-electron chi connectivity index (χ0n) is 12.7. The normalized spacial score (nSPS) is 16.5. The van der Waals surface area contributed by atoms with Crippen LogP contribution >= 0.6 is 0 Å². The number of halogens is 3. The zero-order valence-corrected chi connectivity index (χ0v) is 12.7. The van der Waals surface area contributed by atoms with Crippen molar-refractivity contribution in [2.45, 2.75) is 0 Å². The van der Waals surface area contributed by atoms with Crippen molar-refractivity contribution in [1.82, 2.24) is 0 Å². The van der Waals surface area contributed by atoms with Gasteiger partial charge in [-0.3, -0.25) is 15.0 Å². The highest BCUT2D eigenvalue weighted by Crippen LogP contribution is 2.24. The van der Waals surface area contributed by atoms with E-state index in [1.807, 2.05) is 0 Å². The van der Waals surface area contributed by atoms with Crippen LogP contribution in [-0.2, 0) is 0 Å². The summed E-state index contributed by atoms with van der Waals surface area (Å²) >= 11 is 0. The van der Waals surface area contributed by atoms with Crippen molar-refractivity contribution >= 4 is 18.6 Å². The van der Waals surface area contributed by atoms with Gasteiger partial charge in [0.25, 0.3) is 0 Å². The molecule has 6 heteroatoms. The number of aliphatic imine (C=N–C) groups is 3. The Hall–Kier alpha value is -2.42. The minimum Gasteiger partial charge on any atom is -0.298 e. The van der Waals surface area contributed by atoms with Crippen LogP contribution < -0.4 is 0 Å². The van der Waals surface area contributed by atoms with Crippen molar-refractivity contribution in [3.05, 3.63) is 37.2 Å². The first-order valence-corrected chi connectivity index (χ1v) is 6.25. The van der Waals surface area contributed by atoms with Crippen LogP contribution in [0.1, 0.15) is 0 Å². The Kier molecular flexibility index (Phi) is 9.19. The van der Waals surface area contributed by atoms with Crippen LogP contribution in [0.3, 0.4) is 0 Å². The Bertz CT molecular complexity index is 450. The van der Waals surface area contributed by atoms with Crippen LogP contribution in [0.5, 0.6) is 0 Å². The molecule has 0 spiro atoms. The predicted octanol–water partition coefficient (Wildman–Crippen LogP) is 3.51. The van der Waals surface area contributed by atoms with Crippen LogP contribution in [0.2, 0.25) is 0 Å². The van der Waals surface area contributed by atoms with Gasteiger partial charge >= 0.3 is 0 Å². The first-order valence-electron chi connectivity index (χ1n) is 6.25. The topological polar surface area (TPSA) is 37.1 Å². The largest absolute Gasteiger partial charge is 0.298 e. The predicted molar refractivity (Wildman–Crippen MR) is 86.6 cm³/mol. The van der Waals surface area contributed by atoms with Gasteiger partial charge in [0.15, 0.2) is 0 Å². The fourth-order valence-corrected chi connectivity index (χ4v) is 1.66. The molecule has 0 saturated heterocycles. The Morgan fingerprint density at radius 3 is 1.23 bits per heavy atom. The molecule has 0 aliphatic carbocycles. The van der Waals surface area contributed by atoms with E-state index < -0.39 is 10.8 Å². The van der Waals surface area contributed by atoms with Crippen molar-refractivity contribution in [2.24, 2.45) is 25.8 Å². The molecule has 0 aromatic heterocycles. The number of allylic oxidation sites excluding steroid dienone is 3. The van der Waals surface area contributed by atoms with E-state index in [0.717, 1.165) is 18.2 Å². The van der Waals surface area contributed by atoms with E-state index >= 15 is 0 Å². The molecule has 0 amide bonds. The van der Waals surface area contributed by atoms with Crippen LogP contribution in [0.25, 0.3) is 0 Å². The monoisotopic (exact) mass is 309 g/mol. The summed E-state index contributed by atoms with van der Waals surface area (Å²) in [6.07, 6.45) is 7.71. The van der Waals surface area contributed by atoms with E-state index in [9.17, 15) is 13.2 Å². The van der Waals surface area contributed by atoms with Gasteiger partial charge in [0, 0.05) is 39.8 Å². The van der Waals surface area contributed by atoms with E-state index in [1.165, 1.54) is 18.6 Å². The Labute approximate surface area is 128 Å². The highest BCUT2D eigenvalue weighted by Gasteiger charge is 2.24. The van der Waals surface area contributed by atoms with Gasteiger partial charge < -0.3 is 0 Å². The Morgan fingerprint density at radius 2 is 0.955 bits per heavy atom. The fourth-order valence-electron chi connectivity index (χ4n) is 1.66. The molecule has 0 unspecified atom stereocenters. The maximum atomic E-state index is 12.6. The van der Waals surface area contributed by atoms with Gasteiger partial charge in [0.1, 0.15) is 5.41 Å². The average molecular weight is 309 g/mol. The number of nitrogens with zero attached hydrogens (tertiary/aromatic N) is 3. The maximum absolute atomic E-state index is 12.6. The minimum atomic E-state index is -1.56. The number of hydrogen-bond donors (Lipinski definition) is 0. The summed E-state index contributed by atoms with van der Waals surface area (Å²) in [7, 11) is 4.63. The second-order valence-corrected chi connectivity index (χ2v) is 4.16. The number of hydrogen-bond acceptors (Lipinski definition) is 3. The molecule has 22 heavy (non-hydrogen) atoms. The molecule has 0 radical (unpaired) electrons. The summed E-state index contributed by atoms with van der Waals surface area (Å²) < 4.78 is 37.7. The summed E-state index contributed by atoms with van der Waals surface area (Å²) in [5, 5.41) is 0. The van der Waals surface area contributed by atoms with Gasteiger partial charge in [-0.2, -0.15) is 0 Å². The van der Waals surface area contributed by atoms with Crippen LogP contribution in [-0.4, -0.2) is 39.8 Å². The van der Waals surface area contributed by atoms with Gasteiger partial charge in [0.05, 0.1) is 24.4 Å². The van der Waals surface area contributed by atoms with Crippen molar-refractivity contribution in [1.29, 1.82) is 0 Å². The van der Waals surface area contributed by atoms with E-state index in [4.69, 9.17) is 0 Å². The first-order chi connectivity index (χ1) is 10.6. The summed E-state index contributed by atoms with van der Waals surface area (Å²) in [6.45, 7) is 0. The van der Waals surface area contributed by atoms with Crippen LogP contribution in [0.4, 0.5) is 13.2 Å². The lowest BCUT2D eigenvalue weighted by atomic mass is 9.85. The second-order valence-electron chi connectivity index (χ2n) is 4.16. The molecule has 0 atom stereocenters. The zero-order chi connectivity index (χ0) is 16.9. The van der Waals surface area contributed by atoms with Crippen LogP contribution in [0.15, 0.2) is 52.2 Å². The molecule has 0 saturated carbocycles. The third-order valence-electron chi connectivity index (χ3n) is 2.54. The summed E-state index contributed by atoms with van der Waals surface area (Å²) in [5.74, 6) is 5.41.